The zero-order valence-corrected chi connectivity index (χ0v) is 15.5. The molecule has 0 radical (unpaired) electrons. The number of fused-ring (bicyclic) bond motifs is 1. The molecule has 24 heavy (non-hydrogen) atoms. The van der Waals surface area contributed by atoms with E-state index in [-0.39, 0.29) is 5.41 Å². The van der Waals surface area contributed by atoms with Crippen LogP contribution in [0.4, 0.5) is 0 Å². The number of hydrogen-bond acceptors (Lipinski definition) is 1. The van der Waals surface area contributed by atoms with Gasteiger partial charge in [0.25, 0.3) is 0 Å². The molecule has 3 aromatic carbocycles. The predicted octanol–water partition coefficient (Wildman–Crippen LogP) is 3.96. The van der Waals surface area contributed by atoms with E-state index in [1.165, 1.54) is 0 Å². The van der Waals surface area contributed by atoms with Crippen molar-refractivity contribution in [1.29, 1.82) is 0 Å². The van der Waals surface area contributed by atoms with E-state index in [4.69, 9.17) is 0 Å². The second-order valence-corrected chi connectivity index (χ2v) is 10.3. The fourth-order valence-electron chi connectivity index (χ4n) is 3.43. The molecule has 4 rings (SSSR count). The van der Waals surface area contributed by atoms with Gasteiger partial charge in [-0.3, -0.25) is 4.79 Å². The molecular weight excluding hydrogens is 376 g/mol. The van der Waals surface area contributed by atoms with Crippen LogP contribution in [0.25, 0.3) is 4.48 Å². The summed E-state index contributed by atoms with van der Waals surface area (Å²) in [4.78, 5) is 13.7. The Balaban J connectivity index is 2.07. The molecule has 0 fully saturated rings. The lowest BCUT2D eigenvalue weighted by Gasteiger charge is -2.32. The van der Waals surface area contributed by atoms with Gasteiger partial charge in [0, 0.05) is 10.0 Å². The molecule has 3 heteroatoms. The van der Waals surface area contributed by atoms with Crippen LogP contribution in [0.1, 0.15) is 15.9 Å². The summed E-state index contributed by atoms with van der Waals surface area (Å²) < 4.78 is 1.01. The number of carbonyl (C=O) groups excluding carboxylic acids is 1. The fourth-order valence-corrected chi connectivity index (χ4v) is 8.75. The molecule has 0 spiro atoms. The van der Waals surface area contributed by atoms with Gasteiger partial charge in [-0.05, 0) is 15.9 Å². The average molecular weight is 391 g/mol. The first-order valence-corrected chi connectivity index (χ1v) is 10.7. The zero-order valence-electron chi connectivity index (χ0n) is 12.9. The van der Waals surface area contributed by atoms with Crippen LogP contribution >= 0.6 is 15.9 Å². The molecule has 0 saturated heterocycles. The van der Waals surface area contributed by atoms with Gasteiger partial charge in [0.2, 0.25) is 8.07 Å². The van der Waals surface area contributed by atoms with Crippen LogP contribution in [0.2, 0.25) is 0 Å². The van der Waals surface area contributed by atoms with Crippen LogP contribution in [0.3, 0.4) is 0 Å². The summed E-state index contributed by atoms with van der Waals surface area (Å²) in [6.45, 7) is 0. The standard InChI is InChI=1S/C21H15BrOSi/c22-20-15-24(16-9-3-1-4-10-16,17-11-5-2-6-12-17)21(23)19-14-8-7-13-18(19)20/h1-15H. The second-order valence-electron chi connectivity index (χ2n) is 5.91. The third-order valence-electron chi connectivity index (χ3n) is 4.59. The SMILES string of the molecule is O=C1c2ccccc2C(Br)=C[Si]1(c1ccccc1)c1ccccc1. The Morgan fingerprint density at radius 3 is 1.62 bits per heavy atom. The lowest BCUT2D eigenvalue weighted by molar-refractivity contribution is 0.107. The number of halogens is 1. The van der Waals surface area contributed by atoms with Gasteiger partial charge in [-0.1, -0.05) is 107 Å². The number of carbonyl (C=O) groups is 1. The summed E-state index contributed by atoms with van der Waals surface area (Å²) in [7, 11) is -2.70. The Bertz CT molecular complexity index is 893. The number of hydrogen-bond donors (Lipinski definition) is 0. The van der Waals surface area contributed by atoms with E-state index in [0.717, 1.165) is 26.0 Å². The van der Waals surface area contributed by atoms with E-state index in [1.807, 2.05) is 60.7 Å². The van der Waals surface area contributed by atoms with Gasteiger partial charge in [-0.2, -0.15) is 0 Å². The van der Waals surface area contributed by atoms with Crippen molar-refractivity contribution in [1.82, 2.24) is 0 Å². The van der Waals surface area contributed by atoms with Crippen molar-refractivity contribution in [2.45, 2.75) is 0 Å². The van der Waals surface area contributed by atoms with Crippen molar-refractivity contribution < 1.29 is 4.79 Å². The minimum atomic E-state index is -2.70. The Labute approximate surface area is 150 Å². The maximum absolute atomic E-state index is 13.7. The molecule has 0 atom stereocenters. The van der Waals surface area contributed by atoms with Crippen molar-refractivity contribution in [3.63, 3.8) is 0 Å². The average Bonchev–Trinajstić information content (AvgIpc) is 2.66. The molecule has 116 valence electrons. The molecule has 3 aromatic rings. The highest BCUT2D eigenvalue weighted by molar-refractivity contribution is 9.15. The van der Waals surface area contributed by atoms with E-state index in [2.05, 4.69) is 45.9 Å². The second kappa shape index (κ2) is 6.00. The van der Waals surface area contributed by atoms with E-state index in [1.54, 1.807) is 0 Å². The van der Waals surface area contributed by atoms with E-state index in [0.29, 0.717) is 0 Å². The maximum Gasteiger partial charge on any atom is 0.224 e. The molecule has 0 aromatic heterocycles. The van der Waals surface area contributed by atoms with Crippen molar-refractivity contribution >= 4 is 44.3 Å². The summed E-state index contributed by atoms with van der Waals surface area (Å²) >= 11 is 3.73. The largest absolute Gasteiger partial charge is 0.299 e. The molecule has 1 nitrogen and oxygen atoms in total. The first kappa shape index (κ1) is 15.3. The summed E-state index contributed by atoms with van der Waals surface area (Å²) in [5, 5.41) is 2.49. The topological polar surface area (TPSA) is 17.1 Å². The summed E-state index contributed by atoms with van der Waals surface area (Å²) in [5.41, 5.74) is 3.98. The highest BCUT2D eigenvalue weighted by atomic mass is 79.9. The quantitative estimate of drug-likeness (QED) is 0.605. The molecule has 1 aliphatic rings. The van der Waals surface area contributed by atoms with Crippen LogP contribution in [0, 0.1) is 0 Å². The Kier molecular flexibility index (Phi) is 3.83. The fraction of sp³-hybridized carbons (Fsp3) is 0. The van der Waals surface area contributed by atoms with Gasteiger partial charge in [0.05, 0.1) is 0 Å². The van der Waals surface area contributed by atoms with Gasteiger partial charge >= 0.3 is 0 Å². The smallest absolute Gasteiger partial charge is 0.224 e. The Morgan fingerprint density at radius 1 is 0.625 bits per heavy atom. The van der Waals surface area contributed by atoms with E-state index >= 15 is 0 Å². The first-order chi connectivity index (χ1) is 11.7. The van der Waals surface area contributed by atoms with Gasteiger partial charge in [-0.15, -0.1) is 0 Å². The lowest BCUT2D eigenvalue weighted by Crippen LogP contribution is -2.64. The van der Waals surface area contributed by atoms with Gasteiger partial charge in [-0.25, -0.2) is 0 Å². The highest BCUT2D eigenvalue weighted by Gasteiger charge is 2.47. The molecule has 0 amide bonds. The lowest BCUT2D eigenvalue weighted by atomic mass is 10.1. The number of rotatable bonds is 2. The monoisotopic (exact) mass is 390 g/mol. The zero-order chi connectivity index (χ0) is 16.6. The molecule has 0 N–H and O–H groups in total. The van der Waals surface area contributed by atoms with E-state index in [9.17, 15) is 4.79 Å². The third-order valence-corrected chi connectivity index (χ3v) is 9.86. The van der Waals surface area contributed by atoms with Crippen molar-refractivity contribution in [2.75, 3.05) is 0 Å². The molecule has 1 aliphatic heterocycles. The van der Waals surface area contributed by atoms with Crippen LogP contribution in [0.15, 0.2) is 90.6 Å². The summed E-state index contributed by atoms with van der Waals surface area (Å²) in [6, 6.07) is 28.3. The van der Waals surface area contributed by atoms with Gasteiger partial charge in [0.15, 0.2) is 5.41 Å². The predicted molar refractivity (Wildman–Crippen MR) is 106 cm³/mol. The third kappa shape index (κ3) is 2.24. The molecule has 0 aliphatic carbocycles. The first-order valence-electron chi connectivity index (χ1n) is 7.87. The van der Waals surface area contributed by atoms with Gasteiger partial charge < -0.3 is 0 Å². The minimum Gasteiger partial charge on any atom is -0.299 e. The molecular formula is C21H15BrOSi. The molecule has 1 heterocycles. The van der Waals surface area contributed by atoms with Crippen molar-refractivity contribution in [3.8, 4) is 0 Å². The van der Waals surface area contributed by atoms with Crippen LogP contribution in [0.5, 0.6) is 0 Å². The Hall–Kier alpha value is -2.23. The molecule has 0 saturated carbocycles. The summed E-state index contributed by atoms with van der Waals surface area (Å²) in [6.07, 6.45) is 0. The van der Waals surface area contributed by atoms with Crippen LogP contribution < -0.4 is 10.4 Å². The maximum atomic E-state index is 13.7. The Morgan fingerprint density at radius 2 is 1.08 bits per heavy atom. The van der Waals surface area contributed by atoms with Crippen molar-refractivity contribution in [3.05, 3.63) is 102 Å². The summed E-state index contributed by atoms with van der Waals surface area (Å²) in [5.74, 6) is 0. The van der Waals surface area contributed by atoms with Gasteiger partial charge in [0.1, 0.15) is 0 Å². The molecule has 0 unspecified atom stereocenters. The minimum absolute atomic E-state index is 0.249. The number of benzene rings is 3. The van der Waals surface area contributed by atoms with Crippen molar-refractivity contribution in [2.24, 2.45) is 0 Å². The van der Waals surface area contributed by atoms with E-state index < -0.39 is 8.07 Å². The van der Waals surface area contributed by atoms with Crippen LogP contribution in [-0.2, 0) is 0 Å². The normalized spacial score (nSPS) is 15.5. The van der Waals surface area contributed by atoms with Crippen LogP contribution in [-0.4, -0.2) is 13.5 Å². The molecule has 0 bridgehead atoms. The highest BCUT2D eigenvalue weighted by Crippen LogP contribution is 2.34.